The molecule has 0 fully saturated rings. The topological polar surface area (TPSA) is 108 Å². The quantitative estimate of drug-likeness (QED) is 0.312. The van der Waals surface area contributed by atoms with Crippen molar-refractivity contribution in [3.05, 3.63) is 70.3 Å². The highest BCUT2D eigenvalue weighted by molar-refractivity contribution is 6.30. The summed E-state index contributed by atoms with van der Waals surface area (Å²) in [5.41, 5.74) is 3.25. The predicted molar refractivity (Wildman–Crippen MR) is 141 cm³/mol. The van der Waals surface area contributed by atoms with E-state index in [1.807, 2.05) is 60.9 Å². The summed E-state index contributed by atoms with van der Waals surface area (Å²) in [4.78, 5) is 29.0. The van der Waals surface area contributed by atoms with Crippen LogP contribution in [-0.4, -0.2) is 52.6 Å². The van der Waals surface area contributed by atoms with Crippen LogP contribution in [0.2, 0.25) is 5.02 Å². The summed E-state index contributed by atoms with van der Waals surface area (Å²) in [6.07, 6.45) is 1.90. The number of aromatic nitrogens is 3. The van der Waals surface area contributed by atoms with Gasteiger partial charge in [0, 0.05) is 29.1 Å². The zero-order chi connectivity index (χ0) is 26.4. The van der Waals surface area contributed by atoms with Crippen molar-refractivity contribution >= 4 is 29.2 Å². The highest BCUT2D eigenvalue weighted by Crippen LogP contribution is 2.34. The molecule has 1 amide bonds. The maximum Gasteiger partial charge on any atom is 0.305 e. The Labute approximate surface area is 220 Å². The number of hydrogen-bond donors (Lipinski definition) is 1. The van der Waals surface area contributed by atoms with Gasteiger partial charge in [0.25, 0.3) is 0 Å². The molecule has 1 aromatic heterocycles. The number of halogens is 1. The van der Waals surface area contributed by atoms with Crippen LogP contribution in [0, 0.1) is 6.92 Å². The van der Waals surface area contributed by atoms with E-state index in [2.05, 4.69) is 20.3 Å². The van der Waals surface area contributed by atoms with Crippen LogP contribution in [0.25, 0.3) is 5.69 Å². The van der Waals surface area contributed by atoms with Crippen LogP contribution in [0.3, 0.4) is 0 Å². The van der Waals surface area contributed by atoms with E-state index in [1.54, 1.807) is 0 Å². The lowest BCUT2D eigenvalue weighted by Gasteiger charge is -2.15. The van der Waals surface area contributed by atoms with E-state index in [1.165, 1.54) is 7.11 Å². The largest absolute Gasteiger partial charge is 0.494 e. The maximum absolute atomic E-state index is 12.6. The van der Waals surface area contributed by atoms with Gasteiger partial charge in [-0.15, -0.1) is 10.2 Å². The monoisotopic (exact) mass is 523 g/mol. The SMILES string of the molecule is CCNC(=O)CC1N=C(c2ccc(Cl)cc2)c2cc(OCCCCC(=O)OC)ccc2-n2c(C)nnc21. The molecule has 0 aliphatic carbocycles. The van der Waals surface area contributed by atoms with E-state index < -0.39 is 6.04 Å². The number of carbonyl (C=O) groups excluding carboxylic acids is 2. The average Bonchev–Trinajstić information content (AvgIpc) is 3.21. The van der Waals surface area contributed by atoms with Gasteiger partial charge in [-0.05, 0) is 57.0 Å². The van der Waals surface area contributed by atoms with Gasteiger partial charge in [-0.1, -0.05) is 23.7 Å². The molecule has 1 N–H and O–H groups in total. The van der Waals surface area contributed by atoms with E-state index in [4.69, 9.17) is 21.3 Å². The minimum atomic E-state index is -0.534. The Morgan fingerprint density at radius 3 is 2.62 bits per heavy atom. The molecule has 1 aliphatic heterocycles. The Bertz CT molecular complexity index is 1300. The predicted octanol–water partition coefficient (Wildman–Crippen LogP) is 4.37. The fraction of sp³-hybridized carbons (Fsp3) is 0.370. The third-order valence-electron chi connectivity index (χ3n) is 6.04. The number of rotatable bonds is 10. The number of hydrogen-bond acceptors (Lipinski definition) is 7. The number of fused-ring (bicyclic) bond motifs is 3. The molecule has 0 radical (unpaired) electrons. The fourth-order valence-electron chi connectivity index (χ4n) is 4.25. The number of aliphatic imine (C=N–C) groups is 1. The first-order chi connectivity index (χ1) is 17.9. The lowest BCUT2D eigenvalue weighted by atomic mass is 10.00. The number of unbranched alkanes of at least 4 members (excludes halogenated alkanes) is 1. The molecule has 1 unspecified atom stereocenters. The van der Waals surface area contributed by atoms with Gasteiger partial charge in [-0.2, -0.15) is 0 Å². The van der Waals surface area contributed by atoms with E-state index in [9.17, 15) is 9.59 Å². The molecule has 37 heavy (non-hydrogen) atoms. The Morgan fingerprint density at radius 2 is 1.89 bits per heavy atom. The van der Waals surface area contributed by atoms with Gasteiger partial charge >= 0.3 is 5.97 Å². The molecule has 3 aromatic rings. The standard InChI is InChI=1S/C27H30ClN5O4/c1-4-29-24(34)16-22-27-32-31-17(2)33(27)23-13-12-20(37-14-6-5-7-25(35)36-3)15-21(23)26(30-22)18-8-10-19(28)11-9-18/h8-13,15,22H,4-7,14,16H2,1-3H3,(H,29,34). The van der Waals surface area contributed by atoms with Crippen molar-refractivity contribution < 1.29 is 19.1 Å². The van der Waals surface area contributed by atoms with Crippen LogP contribution in [0.5, 0.6) is 5.75 Å². The molecular formula is C27H30ClN5O4. The Morgan fingerprint density at radius 1 is 1.11 bits per heavy atom. The Hall–Kier alpha value is -3.72. The Balaban J connectivity index is 1.73. The molecule has 0 spiro atoms. The summed E-state index contributed by atoms with van der Waals surface area (Å²) in [5.74, 6) is 1.64. The molecule has 0 saturated heterocycles. The molecule has 194 valence electrons. The molecule has 10 heteroatoms. The second-order valence-corrected chi connectivity index (χ2v) is 9.10. The molecule has 1 atom stereocenters. The number of nitrogens with one attached hydrogen (secondary N) is 1. The number of benzene rings is 2. The lowest BCUT2D eigenvalue weighted by molar-refractivity contribution is -0.140. The highest BCUT2D eigenvalue weighted by Gasteiger charge is 2.30. The number of esters is 1. The molecule has 2 heterocycles. The van der Waals surface area contributed by atoms with Crippen LogP contribution in [-0.2, 0) is 14.3 Å². The van der Waals surface area contributed by atoms with Crippen LogP contribution in [0.15, 0.2) is 47.5 Å². The number of methoxy groups -OCH3 is 1. The number of carbonyl (C=O) groups is 2. The minimum absolute atomic E-state index is 0.110. The summed E-state index contributed by atoms with van der Waals surface area (Å²) in [6, 6.07) is 12.7. The van der Waals surface area contributed by atoms with Crippen LogP contribution >= 0.6 is 11.6 Å². The number of aryl methyl sites for hydroxylation is 1. The van der Waals surface area contributed by atoms with Gasteiger partial charge in [0.05, 0.1) is 31.5 Å². The van der Waals surface area contributed by atoms with Crippen molar-refractivity contribution in [3.8, 4) is 11.4 Å². The first kappa shape index (κ1) is 26.3. The zero-order valence-electron chi connectivity index (χ0n) is 21.2. The molecule has 0 saturated carbocycles. The molecule has 0 bridgehead atoms. The van der Waals surface area contributed by atoms with Crippen LogP contribution < -0.4 is 10.1 Å². The van der Waals surface area contributed by atoms with Crippen molar-refractivity contribution in [2.24, 2.45) is 4.99 Å². The minimum Gasteiger partial charge on any atom is -0.494 e. The van der Waals surface area contributed by atoms with Crippen molar-refractivity contribution in [1.29, 1.82) is 0 Å². The van der Waals surface area contributed by atoms with Gasteiger partial charge in [-0.3, -0.25) is 19.1 Å². The van der Waals surface area contributed by atoms with E-state index in [0.29, 0.717) is 60.5 Å². The number of nitrogens with zero attached hydrogens (tertiary/aromatic N) is 4. The molecular weight excluding hydrogens is 494 g/mol. The number of ether oxygens (including phenoxy) is 2. The first-order valence-electron chi connectivity index (χ1n) is 12.3. The van der Waals surface area contributed by atoms with Gasteiger partial charge < -0.3 is 14.8 Å². The highest BCUT2D eigenvalue weighted by atomic mass is 35.5. The van der Waals surface area contributed by atoms with Crippen molar-refractivity contribution in [2.75, 3.05) is 20.3 Å². The second-order valence-electron chi connectivity index (χ2n) is 8.66. The van der Waals surface area contributed by atoms with Crippen molar-refractivity contribution in [1.82, 2.24) is 20.1 Å². The van der Waals surface area contributed by atoms with E-state index >= 15 is 0 Å². The zero-order valence-corrected chi connectivity index (χ0v) is 21.9. The third-order valence-corrected chi connectivity index (χ3v) is 6.29. The van der Waals surface area contributed by atoms with Crippen molar-refractivity contribution in [3.63, 3.8) is 0 Å². The van der Waals surface area contributed by atoms with Crippen LogP contribution in [0.4, 0.5) is 0 Å². The molecule has 2 aromatic carbocycles. The third kappa shape index (κ3) is 6.17. The summed E-state index contributed by atoms with van der Waals surface area (Å²) in [6.45, 7) is 4.75. The van der Waals surface area contributed by atoms with Crippen molar-refractivity contribution in [2.45, 2.75) is 45.6 Å². The number of amides is 1. The normalized spacial score (nSPS) is 14.2. The summed E-state index contributed by atoms with van der Waals surface area (Å²) < 4.78 is 12.7. The molecule has 1 aliphatic rings. The Kier molecular flexibility index (Phi) is 8.55. The molecule has 4 rings (SSSR count). The first-order valence-corrected chi connectivity index (χ1v) is 12.7. The fourth-order valence-corrected chi connectivity index (χ4v) is 4.37. The molecule has 9 nitrogen and oxygen atoms in total. The van der Waals surface area contributed by atoms with Crippen LogP contribution in [0.1, 0.15) is 61.4 Å². The van der Waals surface area contributed by atoms with E-state index in [0.717, 1.165) is 16.8 Å². The van der Waals surface area contributed by atoms with Gasteiger partial charge in [0.1, 0.15) is 17.6 Å². The smallest absolute Gasteiger partial charge is 0.305 e. The summed E-state index contributed by atoms with van der Waals surface area (Å²) >= 11 is 6.16. The van der Waals surface area contributed by atoms with Gasteiger partial charge in [0.2, 0.25) is 5.91 Å². The summed E-state index contributed by atoms with van der Waals surface area (Å²) in [5, 5.41) is 12.2. The maximum atomic E-state index is 12.6. The lowest BCUT2D eigenvalue weighted by Crippen LogP contribution is -2.25. The average molecular weight is 524 g/mol. The van der Waals surface area contributed by atoms with Gasteiger partial charge in [0.15, 0.2) is 5.82 Å². The van der Waals surface area contributed by atoms with E-state index in [-0.39, 0.29) is 18.3 Å². The summed E-state index contributed by atoms with van der Waals surface area (Å²) in [7, 11) is 1.39. The second kappa shape index (κ2) is 12.0. The van der Waals surface area contributed by atoms with Gasteiger partial charge in [-0.25, -0.2) is 0 Å².